The van der Waals surface area contributed by atoms with Crippen molar-refractivity contribution in [2.24, 2.45) is 5.92 Å². The van der Waals surface area contributed by atoms with Crippen LogP contribution in [0.4, 0.5) is 0 Å². The van der Waals surface area contributed by atoms with Gasteiger partial charge in [-0.3, -0.25) is 19.7 Å². The Morgan fingerprint density at radius 1 is 0.971 bits per heavy atom. The third kappa shape index (κ3) is 7.37. The third-order valence-electron chi connectivity index (χ3n) is 6.40. The van der Waals surface area contributed by atoms with E-state index in [4.69, 9.17) is 4.74 Å². The van der Waals surface area contributed by atoms with Crippen LogP contribution in [0.25, 0.3) is 0 Å². The molecule has 2 saturated carbocycles. The Balaban J connectivity index is 1.47. The van der Waals surface area contributed by atoms with Crippen LogP contribution in [0.5, 0.6) is 5.75 Å². The largest absolute Gasteiger partial charge is 0.497 e. The molecule has 0 spiro atoms. The number of hydrogen-bond acceptors (Lipinski definition) is 6. The van der Waals surface area contributed by atoms with Crippen LogP contribution in [-0.2, 0) is 16.0 Å². The number of benzene rings is 2. The van der Waals surface area contributed by atoms with E-state index in [2.05, 4.69) is 16.0 Å². The van der Waals surface area contributed by atoms with Crippen molar-refractivity contribution in [3.8, 4) is 5.75 Å². The first-order chi connectivity index (χ1) is 16.9. The quantitative estimate of drug-likeness (QED) is 0.327. The Labute approximate surface area is 205 Å². The van der Waals surface area contributed by atoms with Crippen LogP contribution in [0.1, 0.15) is 48.0 Å². The summed E-state index contributed by atoms with van der Waals surface area (Å²) in [4.78, 5) is 39.4. The molecule has 0 aliphatic heterocycles. The van der Waals surface area contributed by atoms with Gasteiger partial charge in [0.1, 0.15) is 11.8 Å². The van der Waals surface area contributed by atoms with Crippen LogP contribution in [0, 0.1) is 5.92 Å². The fourth-order valence-electron chi connectivity index (χ4n) is 4.02. The van der Waals surface area contributed by atoms with E-state index in [1.807, 2.05) is 30.3 Å². The molecule has 0 saturated heterocycles. The highest BCUT2D eigenvalue weighted by Gasteiger charge is 2.35. The van der Waals surface area contributed by atoms with Gasteiger partial charge < -0.3 is 20.5 Å². The summed E-state index contributed by atoms with van der Waals surface area (Å²) in [6.07, 6.45) is 3.24. The van der Waals surface area contributed by atoms with Crippen LogP contribution in [-0.4, -0.2) is 54.2 Å². The second kappa shape index (κ2) is 11.5. The maximum Gasteiger partial charge on any atom is 0.252 e. The number of amides is 2. The molecule has 8 heteroatoms. The van der Waals surface area contributed by atoms with Crippen LogP contribution in [0.3, 0.4) is 0 Å². The number of carbonyl (C=O) groups excluding carboxylic acids is 3. The average Bonchev–Trinajstić information content (AvgIpc) is 3.80. The molecule has 2 aromatic rings. The number of ketones is 1. The maximum atomic E-state index is 13.4. The smallest absolute Gasteiger partial charge is 0.252 e. The molecule has 2 aliphatic carbocycles. The van der Waals surface area contributed by atoms with Crippen molar-refractivity contribution in [2.45, 2.75) is 62.9 Å². The normalized spacial score (nSPS) is 17.7. The van der Waals surface area contributed by atoms with Gasteiger partial charge in [0.2, 0.25) is 5.91 Å². The molecule has 0 radical (unpaired) electrons. The highest BCUT2D eigenvalue weighted by atomic mass is 16.5. The van der Waals surface area contributed by atoms with Gasteiger partial charge in [-0.2, -0.15) is 0 Å². The highest BCUT2D eigenvalue weighted by molar-refractivity contribution is 5.99. The minimum Gasteiger partial charge on any atom is -0.497 e. The van der Waals surface area contributed by atoms with Crippen molar-refractivity contribution in [3.63, 3.8) is 0 Å². The summed E-state index contributed by atoms with van der Waals surface area (Å²) < 4.78 is 5.20. The molecule has 2 fully saturated rings. The fraction of sp³-hybridized carbons (Fsp3) is 0.444. The number of ether oxygens (including phenoxy) is 1. The van der Waals surface area contributed by atoms with Crippen molar-refractivity contribution >= 4 is 17.6 Å². The second-order valence-corrected chi connectivity index (χ2v) is 9.43. The number of aliphatic hydroxyl groups is 1. The molecular weight excluding hydrogens is 446 g/mol. The Bertz CT molecular complexity index is 1040. The van der Waals surface area contributed by atoms with Crippen LogP contribution >= 0.6 is 0 Å². The number of methoxy groups -OCH3 is 1. The third-order valence-corrected chi connectivity index (χ3v) is 6.40. The summed E-state index contributed by atoms with van der Waals surface area (Å²) in [5, 5.41) is 19.0. The van der Waals surface area contributed by atoms with Gasteiger partial charge >= 0.3 is 0 Å². The van der Waals surface area contributed by atoms with Gasteiger partial charge in [0.05, 0.1) is 13.2 Å². The monoisotopic (exact) mass is 479 g/mol. The molecule has 4 rings (SSSR count). The molecular formula is C27H33N3O5. The lowest BCUT2D eigenvalue weighted by Gasteiger charge is -2.25. The lowest BCUT2D eigenvalue weighted by Crippen LogP contribution is -2.56. The molecule has 0 aromatic heterocycles. The number of hydrogen-bond donors (Lipinski definition) is 4. The molecule has 0 bridgehead atoms. The molecule has 0 heterocycles. The number of carbonyl (C=O) groups is 3. The van der Waals surface area contributed by atoms with Gasteiger partial charge in [-0.05, 0) is 55.4 Å². The highest BCUT2D eigenvalue weighted by Crippen LogP contribution is 2.33. The first kappa shape index (κ1) is 24.9. The first-order valence-corrected chi connectivity index (χ1v) is 12.2. The summed E-state index contributed by atoms with van der Waals surface area (Å²) in [5.41, 5.74) is 1.25. The SMILES string of the molecule is COc1cccc(C(=O)N[C@@H](CC2CC2)C(=O)N[C@H](Cc2ccccc2)C(=O)C(O)NC2CC2)c1. The molecule has 2 aromatic carbocycles. The molecule has 3 atom stereocenters. The van der Waals surface area contributed by atoms with E-state index in [1.165, 1.54) is 7.11 Å². The van der Waals surface area contributed by atoms with Gasteiger partial charge in [0, 0.05) is 11.6 Å². The van der Waals surface area contributed by atoms with Crippen molar-refractivity contribution in [1.82, 2.24) is 16.0 Å². The number of aliphatic hydroxyl groups excluding tert-OH is 1. The van der Waals surface area contributed by atoms with Crippen molar-refractivity contribution < 1.29 is 24.2 Å². The van der Waals surface area contributed by atoms with Gasteiger partial charge in [-0.1, -0.05) is 49.2 Å². The predicted octanol–water partition coefficient (Wildman–Crippen LogP) is 1.96. The van der Waals surface area contributed by atoms with Crippen LogP contribution < -0.4 is 20.7 Å². The summed E-state index contributed by atoms with van der Waals surface area (Å²) in [6.45, 7) is 0. The van der Waals surface area contributed by atoms with Gasteiger partial charge in [-0.25, -0.2) is 0 Å². The van der Waals surface area contributed by atoms with Gasteiger partial charge in [-0.15, -0.1) is 0 Å². The van der Waals surface area contributed by atoms with E-state index >= 15 is 0 Å². The van der Waals surface area contributed by atoms with Crippen molar-refractivity contribution in [2.75, 3.05) is 7.11 Å². The fourth-order valence-corrected chi connectivity index (χ4v) is 4.02. The second-order valence-electron chi connectivity index (χ2n) is 9.43. The number of nitrogens with one attached hydrogen (secondary N) is 3. The summed E-state index contributed by atoms with van der Waals surface area (Å²) >= 11 is 0. The van der Waals surface area contributed by atoms with Crippen LogP contribution in [0.15, 0.2) is 54.6 Å². The van der Waals surface area contributed by atoms with E-state index < -0.39 is 30.0 Å². The van der Waals surface area contributed by atoms with Crippen LogP contribution in [0.2, 0.25) is 0 Å². The zero-order valence-electron chi connectivity index (χ0n) is 19.9. The lowest BCUT2D eigenvalue weighted by atomic mass is 10.00. The number of Topliss-reactive ketones (excluding diaryl/α,β-unsaturated/α-hetero) is 1. The van der Waals surface area contributed by atoms with Gasteiger partial charge in [0.25, 0.3) is 5.91 Å². The Morgan fingerprint density at radius 3 is 2.37 bits per heavy atom. The molecule has 1 unspecified atom stereocenters. The summed E-state index contributed by atoms with van der Waals surface area (Å²) in [7, 11) is 1.52. The topological polar surface area (TPSA) is 117 Å². The lowest BCUT2D eigenvalue weighted by molar-refractivity contribution is -0.134. The summed E-state index contributed by atoms with van der Waals surface area (Å²) in [5.74, 6) is -0.390. The Kier molecular flexibility index (Phi) is 8.15. The average molecular weight is 480 g/mol. The number of rotatable bonds is 13. The standard InChI is InChI=1S/C27H33N3O5/c1-35-21-9-5-8-19(16-21)25(32)30-23(15-18-10-11-18)26(33)29-22(14-17-6-3-2-4-7-17)24(31)27(34)28-20-12-13-20/h2-9,16,18,20,22-23,27-28,34H,10-15H2,1H3,(H,29,33)(H,30,32)/t22-,23+,27?/m1/s1. The molecule has 2 aliphatic rings. The summed E-state index contributed by atoms with van der Waals surface area (Å²) in [6, 6.07) is 14.5. The maximum absolute atomic E-state index is 13.4. The van der Waals surface area contributed by atoms with E-state index in [0.29, 0.717) is 23.7 Å². The Hall–Kier alpha value is -3.23. The zero-order chi connectivity index (χ0) is 24.8. The minimum absolute atomic E-state index is 0.131. The van der Waals surface area contributed by atoms with Crippen molar-refractivity contribution in [1.29, 1.82) is 0 Å². The van der Waals surface area contributed by atoms with E-state index in [-0.39, 0.29) is 18.4 Å². The van der Waals surface area contributed by atoms with Gasteiger partial charge in [0.15, 0.2) is 12.0 Å². The molecule has 2 amide bonds. The first-order valence-electron chi connectivity index (χ1n) is 12.2. The van der Waals surface area contributed by atoms with E-state index in [9.17, 15) is 19.5 Å². The molecule has 4 N–H and O–H groups in total. The predicted molar refractivity (Wildman–Crippen MR) is 131 cm³/mol. The van der Waals surface area contributed by atoms with E-state index in [0.717, 1.165) is 31.2 Å². The van der Waals surface area contributed by atoms with Crippen molar-refractivity contribution in [3.05, 3.63) is 65.7 Å². The Morgan fingerprint density at radius 2 is 1.71 bits per heavy atom. The molecule has 8 nitrogen and oxygen atoms in total. The van der Waals surface area contributed by atoms with E-state index in [1.54, 1.807) is 24.3 Å². The zero-order valence-corrected chi connectivity index (χ0v) is 19.9. The minimum atomic E-state index is -1.36. The molecule has 35 heavy (non-hydrogen) atoms. The molecule has 186 valence electrons.